The number of aliphatic hydroxyl groups is 1. The maximum atomic E-state index is 13.7. The van der Waals surface area contributed by atoms with Gasteiger partial charge in [0.2, 0.25) is 0 Å². The van der Waals surface area contributed by atoms with Crippen molar-refractivity contribution in [2.24, 2.45) is 5.41 Å². The van der Waals surface area contributed by atoms with E-state index in [0.717, 1.165) is 6.42 Å². The molecule has 22 heavy (non-hydrogen) atoms. The Labute approximate surface area is 131 Å². The third-order valence-corrected chi connectivity index (χ3v) is 3.83. The molecule has 1 saturated carbocycles. The number of urea groups is 1. The summed E-state index contributed by atoms with van der Waals surface area (Å²) in [5, 5.41) is 15.0. The van der Waals surface area contributed by atoms with Crippen LogP contribution in [-0.2, 0) is 0 Å². The molecule has 3 atom stereocenters. The number of carbonyl (C=O) groups is 1. The molecule has 5 heteroatoms. The molecule has 2 rings (SSSR count). The summed E-state index contributed by atoms with van der Waals surface area (Å²) in [5.41, 5.74) is 0.678. The van der Waals surface area contributed by atoms with Crippen molar-refractivity contribution in [3.8, 4) is 0 Å². The number of nitrogens with one attached hydrogen (secondary N) is 2. The zero-order valence-corrected chi connectivity index (χ0v) is 13.4. The van der Waals surface area contributed by atoms with Crippen LogP contribution < -0.4 is 10.6 Å². The van der Waals surface area contributed by atoms with Gasteiger partial charge >= 0.3 is 6.03 Å². The largest absolute Gasteiger partial charge is 0.394 e. The lowest BCUT2D eigenvalue weighted by molar-refractivity contribution is 0.190. The Hall–Kier alpha value is -1.62. The van der Waals surface area contributed by atoms with Crippen molar-refractivity contribution in [2.75, 3.05) is 6.61 Å². The molecule has 1 aromatic carbocycles. The maximum Gasteiger partial charge on any atom is 0.315 e. The van der Waals surface area contributed by atoms with Crippen LogP contribution in [0.15, 0.2) is 24.3 Å². The first-order valence-corrected chi connectivity index (χ1v) is 7.72. The summed E-state index contributed by atoms with van der Waals surface area (Å²) in [7, 11) is 0. The Morgan fingerprint density at radius 3 is 2.68 bits per heavy atom. The summed E-state index contributed by atoms with van der Waals surface area (Å²) in [6.07, 6.45) is 1.44. The number of hydrogen-bond donors (Lipinski definition) is 3. The second-order valence-corrected chi connectivity index (χ2v) is 7.23. The lowest BCUT2D eigenvalue weighted by Crippen LogP contribution is -2.46. The van der Waals surface area contributed by atoms with E-state index in [0.29, 0.717) is 12.0 Å². The zero-order valence-electron chi connectivity index (χ0n) is 13.4. The van der Waals surface area contributed by atoms with Gasteiger partial charge in [0.15, 0.2) is 0 Å². The molecule has 0 spiro atoms. The van der Waals surface area contributed by atoms with E-state index in [1.165, 1.54) is 6.07 Å². The molecule has 3 unspecified atom stereocenters. The van der Waals surface area contributed by atoms with Crippen LogP contribution in [0.25, 0.3) is 0 Å². The van der Waals surface area contributed by atoms with Gasteiger partial charge in [0.05, 0.1) is 12.6 Å². The Morgan fingerprint density at radius 1 is 1.41 bits per heavy atom. The van der Waals surface area contributed by atoms with Gasteiger partial charge in [-0.3, -0.25) is 0 Å². The van der Waals surface area contributed by atoms with Crippen LogP contribution in [0.4, 0.5) is 9.18 Å². The molecule has 2 amide bonds. The van der Waals surface area contributed by atoms with Gasteiger partial charge in [0.1, 0.15) is 5.82 Å². The predicted molar refractivity (Wildman–Crippen MR) is 84.2 cm³/mol. The molecule has 0 bridgehead atoms. The number of hydrogen-bond acceptors (Lipinski definition) is 2. The molecule has 0 aliphatic heterocycles. The van der Waals surface area contributed by atoms with Gasteiger partial charge in [0.25, 0.3) is 0 Å². The number of rotatable bonds is 5. The van der Waals surface area contributed by atoms with Crippen LogP contribution in [0, 0.1) is 11.2 Å². The summed E-state index contributed by atoms with van der Waals surface area (Å²) in [4.78, 5) is 12.0. The normalized spacial score (nSPS) is 22.0. The van der Waals surface area contributed by atoms with Crippen molar-refractivity contribution in [3.63, 3.8) is 0 Å². The topological polar surface area (TPSA) is 61.4 Å². The highest BCUT2D eigenvalue weighted by atomic mass is 19.1. The van der Waals surface area contributed by atoms with Crippen LogP contribution in [0.1, 0.15) is 45.1 Å². The van der Waals surface area contributed by atoms with Crippen molar-refractivity contribution in [1.29, 1.82) is 0 Å². The van der Waals surface area contributed by atoms with Crippen molar-refractivity contribution in [1.82, 2.24) is 10.6 Å². The Bertz CT molecular complexity index is 528. The fourth-order valence-corrected chi connectivity index (χ4v) is 2.77. The van der Waals surface area contributed by atoms with E-state index in [9.17, 15) is 14.3 Å². The van der Waals surface area contributed by atoms with Crippen molar-refractivity contribution >= 4 is 6.03 Å². The summed E-state index contributed by atoms with van der Waals surface area (Å²) in [6, 6.07) is 6.06. The Morgan fingerprint density at radius 2 is 2.09 bits per heavy atom. The van der Waals surface area contributed by atoms with Gasteiger partial charge in [-0.05, 0) is 29.9 Å². The van der Waals surface area contributed by atoms with Gasteiger partial charge in [-0.2, -0.15) is 0 Å². The summed E-state index contributed by atoms with van der Waals surface area (Å²) in [5.74, 6) is -0.180. The highest BCUT2D eigenvalue weighted by Gasteiger charge is 2.41. The van der Waals surface area contributed by atoms with Gasteiger partial charge in [0, 0.05) is 12.0 Å². The molecule has 1 fully saturated rings. The molecule has 0 saturated heterocycles. The minimum atomic E-state index is -0.299. The number of halogens is 1. The van der Waals surface area contributed by atoms with Crippen LogP contribution >= 0.6 is 0 Å². The summed E-state index contributed by atoms with van der Waals surface area (Å²) >= 11 is 0. The highest BCUT2D eigenvalue weighted by molar-refractivity contribution is 5.75. The lowest BCUT2D eigenvalue weighted by atomic mass is 9.88. The van der Waals surface area contributed by atoms with E-state index in [-0.39, 0.29) is 41.9 Å². The standard InChI is InChI=1S/C17H25FN2O2/c1-17(2,3)9-11(10-21)19-16(22)20-15-8-13(15)12-6-4-5-7-14(12)18/h4-7,11,13,15,21H,8-10H2,1-3H3,(H2,19,20,22). The van der Waals surface area contributed by atoms with Gasteiger partial charge in [-0.1, -0.05) is 39.0 Å². The molecule has 0 radical (unpaired) electrons. The summed E-state index contributed by atoms with van der Waals surface area (Å²) < 4.78 is 13.7. The van der Waals surface area contributed by atoms with Crippen LogP contribution in [0.3, 0.4) is 0 Å². The predicted octanol–water partition coefficient (Wildman–Crippen LogP) is 2.78. The maximum absolute atomic E-state index is 13.7. The SMILES string of the molecule is CC(C)(C)CC(CO)NC(=O)NC1CC1c1ccccc1F. The van der Waals surface area contributed by atoms with E-state index in [2.05, 4.69) is 31.4 Å². The average Bonchev–Trinajstić information content (AvgIpc) is 3.15. The minimum absolute atomic E-state index is 0.0238. The molecule has 1 aliphatic rings. The molecular formula is C17H25FN2O2. The minimum Gasteiger partial charge on any atom is -0.394 e. The first-order valence-electron chi connectivity index (χ1n) is 7.72. The second kappa shape index (κ2) is 6.65. The summed E-state index contributed by atoms with van der Waals surface area (Å²) in [6.45, 7) is 6.09. The van der Waals surface area contributed by atoms with E-state index in [1.54, 1.807) is 18.2 Å². The third kappa shape index (κ3) is 4.70. The Kier molecular flexibility index (Phi) is 5.06. The Balaban J connectivity index is 1.83. The van der Waals surface area contributed by atoms with E-state index in [4.69, 9.17) is 0 Å². The number of benzene rings is 1. The molecule has 0 heterocycles. The molecule has 1 aliphatic carbocycles. The first-order chi connectivity index (χ1) is 10.3. The number of amides is 2. The van der Waals surface area contributed by atoms with Crippen molar-refractivity contribution in [3.05, 3.63) is 35.6 Å². The van der Waals surface area contributed by atoms with Crippen LogP contribution in [-0.4, -0.2) is 29.8 Å². The fourth-order valence-electron chi connectivity index (χ4n) is 2.77. The number of aliphatic hydroxyl groups excluding tert-OH is 1. The quantitative estimate of drug-likeness (QED) is 0.783. The van der Waals surface area contributed by atoms with Crippen molar-refractivity contribution in [2.45, 2.75) is 51.6 Å². The highest BCUT2D eigenvalue weighted by Crippen LogP contribution is 2.41. The first kappa shape index (κ1) is 16.7. The number of carbonyl (C=O) groups excluding carboxylic acids is 1. The molecule has 4 nitrogen and oxygen atoms in total. The monoisotopic (exact) mass is 308 g/mol. The van der Waals surface area contributed by atoms with E-state index < -0.39 is 0 Å². The van der Waals surface area contributed by atoms with Gasteiger partial charge in [-0.25, -0.2) is 9.18 Å². The molecule has 1 aromatic rings. The third-order valence-electron chi connectivity index (χ3n) is 3.83. The fraction of sp³-hybridized carbons (Fsp3) is 0.588. The second-order valence-electron chi connectivity index (χ2n) is 7.23. The average molecular weight is 308 g/mol. The smallest absolute Gasteiger partial charge is 0.315 e. The van der Waals surface area contributed by atoms with Gasteiger partial charge in [-0.15, -0.1) is 0 Å². The molecule has 0 aromatic heterocycles. The van der Waals surface area contributed by atoms with Crippen molar-refractivity contribution < 1.29 is 14.3 Å². The van der Waals surface area contributed by atoms with E-state index in [1.807, 2.05) is 0 Å². The molecule has 122 valence electrons. The van der Waals surface area contributed by atoms with E-state index >= 15 is 0 Å². The van der Waals surface area contributed by atoms with Crippen LogP contribution in [0.5, 0.6) is 0 Å². The zero-order chi connectivity index (χ0) is 16.3. The molecular weight excluding hydrogens is 283 g/mol. The van der Waals surface area contributed by atoms with Gasteiger partial charge < -0.3 is 15.7 Å². The van der Waals surface area contributed by atoms with Crippen LogP contribution in [0.2, 0.25) is 0 Å². The lowest BCUT2D eigenvalue weighted by Gasteiger charge is -2.25. The molecule has 3 N–H and O–H groups in total.